The molecule has 0 saturated heterocycles. The molecule has 0 bridgehead atoms. The number of aliphatic hydroxyl groups is 1. The third kappa shape index (κ3) is 54.0. The van der Waals surface area contributed by atoms with E-state index in [0.29, 0.717) is 17.4 Å². The van der Waals surface area contributed by atoms with Crippen molar-refractivity contribution in [2.24, 2.45) is 0 Å². The fourth-order valence-corrected chi connectivity index (χ4v) is 9.38. The molecule has 0 aromatic heterocycles. The van der Waals surface area contributed by atoms with E-state index in [-0.39, 0.29) is 19.1 Å². The Labute approximate surface area is 434 Å². The third-order valence-electron chi connectivity index (χ3n) is 13.3. The number of nitrogens with zero attached hydrogens (tertiary/aromatic N) is 1. The van der Waals surface area contributed by atoms with Crippen LogP contribution in [0.5, 0.6) is 0 Å². The van der Waals surface area contributed by atoms with Crippen LogP contribution in [0.4, 0.5) is 0 Å². The standard InChI is InChI=1S/C61H115N2O6P/c1-6-8-10-12-14-16-17-18-19-20-21-22-23-24-25-26-27-28-29-30-31-32-33-34-35-36-37-38-39-40-41-42-43-44-45-47-49-51-53-55-61(65)62-59(58-69-70(66,67)68-57-56-63(3,4)5)60(64)54-52-50-48-46-15-13-11-9-7-2/h7,9,15,27-28,30-31,46,52,54,59-60,64H,6,8,10-14,16-26,29,32-45,47-51,53,55-58H2,1-5H3,(H-,62,65,66,67)/p+1/b9-7+,28-27-,31-30-,46-15+,54-52+. The van der Waals surface area contributed by atoms with Crippen molar-refractivity contribution < 1.29 is 32.9 Å². The van der Waals surface area contributed by atoms with E-state index in [1.807, 2.05) is 34.1 Å². The monoisotopic (exact) mass is 1000 g/mol. The number of amides is 1. The summed E-state index contributed by atoms with van der Waals surface area (Å²) in [5, 5.41) is 13.8. The molecular weight excluding hydrogens is 888 g/mol. The lowest BCUT2D eigenvalue weighted by Gasteiger charge is -2.25. The first-order chi connectivity index (χ1) is 34.0. The second-order valence-electron chi connectivity index (χ2n) is 21.4. The minimum absolute atomic E-state index is 0.0521. The van der Waals surface area contributed by atoms with Gasteiger partial charge in [-0.1, -0.05) is 254 Å². The Balaban J connectivity index is 3.83. The van der Waals surface area contributed by atoms with Crippen molar-refractivity contribution in [1.82, 2.24) is 5.32 Å². The van der Waals surface area contributed by atoms with E-state index in [2.05, 4.69) is 60.8 Å². The molecule has 1 amide bonds. The van der Waals surface area contributed by atoms with Gasteiger partial charge >= 0.3 is 7.82 Å². The molecule has 0 aliphatic heterocycles. The molecule has 0 aliphatic rings. The average Bonchev–Trinajstić information content (AvgIpc) is 3.32. The molecule has 0 aromatic rings. The van der Waals surface area contributed by atoms with Crippen LogP contribution in [0.1, 0.15) is 271 Å². The van der Waals surface area contributed by atoms with Gasteiger partial charge in [-0.15, -0.1) is 0 Å². The topological polar surface area (TPSA) is 105 Å². The van der Waals surface area contributed by atoms with Gasteiger partial charge < -0.3 is 19.8 Å². The number of carbonyl (C=O) groups is 1. The van der Waals surface area contributed by atoms with Crippen LogP contribution in [0.25, 0.3) is 0 Å². The van der Waals surface area contributed by atoms with Gasteiger partial charge in [-0.25, -0.2) is 4.57 Å². The van der Waals surface area contributed by atoms with Crippen LogP contribution >= 0.6 is 7.82 Å². The predicted molar refractivity (Wildman–Crippen MR) is 304 cm³/mol. The van der Waals surface area contributed by atoms with Crippen molar-refractivity contribution in [3.05, 3.63) is 60.8 Å². The van der Waals surface area contributed by atoms with Gasteiger partial charge in [-0.2, -0.15) is 0 Å². The summed E-state index contributed by atoms with van der Waals surface area (Å²) in [4.78, 5) is 23.1. The highest BCUT2D eigenvalue weighted by Crippen LogP contribution is 2.43. The van der Waals surface area contributed by atoms with Crippen LogP contribution in [0.15, 0.2) is 60.8 Å². The van der Waals surface area contributed by atoms with Crippen LogP contribution in [-0.4, -0.2) is 73.4 Å². The zero-order valence-corrected chi connectivity index (χ0v) is 47.7. The van der Waals surface area contributed by atoms with Crippen molar-refractivity contribution in [3.63, 3.8) is 0 Å². The Hall–Kier alpha value is -1.80. The van der Waals surface area contributed by atoms with Crippen molar-refractivity contribution >= 4 is 13.7 Å². The van der Waals surface area contributed by atoms with Crippen molar-refractivity contribution in [3.8, 4) is 0 Å². The van der Waals surface area contributed by atoms with Crippen molar-refractivity contribution in [1.29, 1.82) is 0 Å². The number of nitrogens with one attached hydrogen (secondary N) is 1. The van der Waals surface area contributed by atoms with E-state index in [0.717, 1.165) is 51.4 Å². The summed E-state index contributed by atoms with van der Waals surface area (Å²) in [6.45, 7) is 4.56. The highest BCUT2D eigenvalue weighted by Gasteiger charge is 2.27. The van der Waals surface area contributed by atoms with Crippen molar-refractivity contribution in [2.45, 2.75) is 283 Å². The summed E-state index contributed by atoms with van der Waals surface area (Å²) in [6.07, 6.45) is 71.2. The number of rotatable bonds is 54. The Morgan fingerprint density at radius 2 is 0.886 bits per heavy atom. The molecule has 410 valence electrons. The fraction of sp³-hybridized carbons (Fsp3) is 0.820. The van der Waals surface area contributed by atoms with Gasteiger partial charge in [0.2, 0.25) is 5.91 Å². The van der Waals surface area contributed by atoms with Crippen LogP contribution in [0, 0.1) is 0 Å². The largest absolute Gasteiger partial charge is 0.472 e. The summed E-state index contributed by atoms with van der Waals surface area (Å²) in [7, 11) is 1.54. The van der Waals surface area contributed by atoms with Gasteiger partial charge in [0.25, 0.3) is 0 Å². The van der Waals surface area contributed by atoms with Gasteiger partial charge in [0.15, 0.2) is 0 Å². The van der Waals surface area contributed by atoms with Gasteiger partial charge in [0.1, 0.15) is 13.2 Å². The molecule has 0 rings (SSSR count). The summed E-state index contributed by atoms with van der Waals surface area (Å²) >= 11 is 0. The van der Waals surface area contributed by atoms with Crippen LogP contribution < -0.4 is 5.32 Å². The van der Waals surface area contributed by atoms with Crippen molar-refractivity contribution in [2.75, 3.05) is 40.9 Å². The summed E-state index contributed by atoms with van der Waals surface area (Å²) in [5.41, 5.74) is 0. The van der Waals surface area contributed by atoms with Crippen LogP contribution in [0.2, 0.25) is 0 Å². The summed E-state index contributed by atoms with van der Waals surface area (Å²) in [5.74, 6) is -0.193. The second kappa shape index (κ2) is 52.1. The number of quaternary nitrogens is 1. The van der Waals surface area contributed by atoms with Gasteiger partial charge in [-0.3, -0.25) is 13.8 Å². The van der Waals surface area contributed by atoms with Gasteiger partial charge in [0.05, 0.1) is 39.9 Å². The lowest BCUT2D eigenvalue weighted by molar-refractivity contribution is -0.870. The maximum atomic E-state index is 12.9. The van der Waals surface area contributed by atoms with E-state index < -0.39 is 20.0 Å². The predicted octanol–water partition coefficient (Wildman–Crippen LogP) is 18.1. The van der Waals surface area contributed by atoms with E-state index >= 15 is 0 Å². The number of phosphoric ester groups is 1. The summed E-state index contributed by atoms with van der Waals surface area (Å²) in [6, 6.07) is -0.869. The quantitative estimate of drug-likeness (QED) is 0.0243. The minimum Gasteiger partial charge on any atom is -0.387 e. The number of carbonyl (C=O) groups excluding carboxylic acids is 1. The van der Waals surface area contributed by atoms with E-state index in [9.17, 15) is 19.4 Å². The molecule has 3 unspecified atom stereocenters. The average molecular weight is 1000 g/mol. The zero-order valence-electron chi connectivity index (χ0n) is 46.8. The van der Waals surface area contributed by atoms with E-state index in [1.54, 1.807) is 6.08 Å². The Bertz CT molecular complexity index is 1320. The number of hydrogen-bond acceptors (Lipinski definition) is 5. The van der Waals surface area contributed by atoms with E-state index in [4.69, 9.17) is 9.05 Å². The molecule has 0 radical (unpaired) electrons. The van der Waals surface area contributed by atoms with Gasteiger partial charge in [-0.05, 0) is 71.1 Å². The SMILES string of the molecule is C/C=C/CC/C=C/CC/C=C/C(O)C(COP(=O)(O)OCC[N+](C)(C)C)NC(=O)CCCCCCCCCCCCCCCCCCC/C=C\C/C=C\CCCCCCCCCCCCCCCCC. The number of aliphatic hydroxyl groups excluding tert-OH is 1. The highest BCUT2D eigenvalue weighted by molar-refractivity contribution is 7.47. The molecule has 0 aliphatic carbocycles. The zero-order chi connectivity index (χ0) is 51.3. The minimum atomic E-state index is -4.35. The Kier molecular flexibility index (Phi) is 50.7. The molecule has 0 saturated carbocycles. The third-order valence-corrected chi connectivity index (χ3v) is 14.3. The molecule has 8 nitrogen and oxygen atoms in total. The maximum absolute atomic E-state index is 12.9. The first kappa shape index (κ1) is 68.2. The molecule has 3 atom stereocenters. The Morgan fingerprint density at radius 3 is 1.30 bits per heavy atom. The molecule has 0 fully saturated rings. The molecule has 0 spiro atoms. The molecule has 3 N–H and O–H groups in total. The first-order valence-electron chi connectivity index (χ1n) is 29.6. The number of allylic oxidation sites excluding steroid dienone is 9. The number of unbranched alkanes of at least 4 members (excludes halogenated alkanes) is 34. The number of likely N-dealkylation sites (N-methyl/N-ethyl adjacent to an activating group) is 1. The maximum Gasteiger partial charge on any atom is 0.472 e. The van der Waals surface area contributed by atoms with E-state index in [1.165, 1.54) is 199 Å². The first-order valence-corrected chi connectivity index (χ1v) is 31.1. The lowest BCUT2D eigenvalue weighted by Crippen LogP contribution is -2.45. The molecule has 0 aromatic carbocycles. The van der Waals surface area contributed by atoms with Crippen LogP contribution in [-0.2, 0) is 18.4 Å². The normalized spacial score (nSPS) is 14.3. The Morgan fingerprint density at radius 1 is 0.514 bits per heavy atom. The fourth-order valence-electron chi connectivity index (χ4n) is 8.64. The lowest BCUT2D eigenvalue weighted by atomic mass is 10.0. The number of phosphoric acid groups is 1. The second-order valence-corrected chi connectivity index (χ2v) is 22.8. The molecule has 0 heterocycles. The highest BCUT2D eigenvalue weighted by atomic mass is 31.2. The molecule has 70 heavy (non-hydrogen) atoms. The molecular formula is C61H116N2O6P+. The molecule has 9 heteroatoms. The van der Waals surface area contributed by atoms with Gasteiger partial charge in [0, 0.05) is 6.42 Å². The number of hydrogen-bond donors (Lipinski definition) is 3. The summed E-state index contributed by atoms with van der Waals surface area (Å²) < 4.78 is 23.5. The smallest absolute Gasteiger partial charge is 0.387 e. The van der Waals surface area contributed by atoms with Crippen LogP contribution in [0.3, 0.4) is 0 Å².